The fourth-order valence-corrected chi connectivity index (χ4v) is 2.37. The molecule has 0 spiro atoms. The summed E-state index contributed by atoms with van der Waals surface area (Å²) in [6.07, 6.45) is 3.42. The first-order chi connectivity index (χ1) is 7.97. The molecule has 0 saturated heterocycles. The van der Waals surface area contributed by atoms with E-state index >= 15 is 0 Å². The van der Waals surface area contributed by atoms with Gasteiger partial charge in [-0.25, -0.2) is 0 Å². The number of ketones is 1. The number of rotatable bonds is 2. The van der Waals surface area contributed by atoms with Gasteiger partial charge in [-0.1, -0.05) is 24.3 Å². The van der Waals surface area contributed by atoms with E-state index in [9.17, 15) is 4.79 Å². The highest BCUT2D eigenvalue weighted by atomic mass is 28.4. The predicted molar refractivity (Wildman–Crippen MR) is 71.6 cm³/mol. The van der Waals surface area contributed by atoms with Gasteiger partial charge in [0.2, 0.25) is 8.32 Å². The molecule has 0 aromatic heterocycles. The Hall–Kier alpha value is -1.35. The van der Waals surface area contributed by atoms with Gasteiger partial charge in [0.25, 0.3) is 0 Å². The van der Waals surface area contributed by atoms with Crippen LogP contribution in [0, 0.1) is 0 Å². The van der Waals surface area contributed by atoms with Crippen molar-refractivity contribution in [3.63, 3.8) is 0 Å². The molecule has 0 unspecified atom stereocenters. The number of carbonyl (C=O) groups is 1. The second kappa shape index (κ2) is 4.49. The summed E-state index contributed by atoms with van der Waals surface area (Å²) in [7, 11) is -1.59. The van der Waals surface area contributed by atoms with Crippen molar-refractivity contribution in [3.8, 4) is 0 Å². The van der Waals surface area contributed by atoms with Gasteiger partial charge in [-0.15, -0.1) is 0 Å². The van der Waals surface area contributed by atoms with Crippen molar-refractivity contribution >= 4 is 14.1 Å². The number of Topliss-reactive ketones (excluding diaryl/α,β-unsaturated/α-hetero) is 1. The monoisotopic (exact) mass is 246 g/mol. The Morgan fingerprint density at radius 3 is 2.59 bits per heavy atom. The maximum absolute atomic E-state index is 12.2. The van der Waals surface area contributed by atoms with Crippen molar-refractivity contribution < 1.29 is 9.22 Å². The maximum Gasteiger partial charge on any atom is 0.241 e. The van der Waals surface area contributed by atoms with Gasteiger partial charge in [0.05, 0.1) is 6.26 Å². The number of fused-ring (bicyclic) bond motifs is 1. The number of carbonyl (C=O) groups excluding carboxylic acids is 1. The van der Waals surface area contributed by atoms with Crippen molar-refractivity contribution in [2.75, 3.05) is 0 Å². The number of allylic oxidation sites excluding steroid dienone is 1. The molecule has 90 valence electrons. The lowest BCUT2D eigenvalue weighted by molar-refractivity contribution is 0.102. The van der Waals surface area contributed by atoms with Gasteiger partial charge >= 0.3 is 0 Å². The highest BCUT2D eigenvalue weighted by molar-refractivity contribution is 6.69. The van der Waals surface area contributed by atoms with Gasteiger partial charge < -0.3 is 4.43 Å². The normalized spacial score (nSPS) is 18.1. The Balaban J connectivity index is 2.23. The Morgan fingerprint density at radius 2 is 1.88 bits per heavy atom. The first kappa shape index (κ1) is 12.1. The zero-order valence-electron chi connectivity index (χ0n) is 10.6. The zero-order chi connectivity index (χ0) is 12.5. The van der Waals surface area contributed by atoms with Crippen LogP contribution in [0.1, 0.15) is 22.3 Å². The summed E-state index contributed by atoms with van der Waals surface area (Å²) in [6, 6.07) is 7.83. The molecule has 0 bridgehead atoms. The zero-order valence-corrected chi connectivity index (χ0v) is 11.6. The van der Waals surface area contributed by atoms with Gasteiger partial charge in [0, 0.05) is 11.1 Å². The molecule has 1 aliphatic rings. The van der Waals surface area contributed by atoms with E-state index in [2.05, 4.69) is 19.6 Å². The summed E-state index contributed by atoms with van der Waals surface area (Å²) in [5.74, 6) is 0.130. The van der Waals surface area contributed by atoms with Crippen LogP contribution < -0.4 is 0 Å². The van der Waals surface area contributed by atoms with Crippen LogP contribution >= 0.6 is 0 Å². The van der Waals surface area contributed by atoms with Crippen LogP contribution in [-0.4, -0.2) is 14.1 Å². The van der Waals surface area contributed by atoms with Crippen molar-refractivity contribution in [3.05, 3.63) is 47.2 Å². The van der Waals surface area contributed by atoms with E-state index in [4.69, 9.17) is 4.43 Å². The van der Waals surface area contributed by atoms with Crippen LogP contribution in [0.5, 0.6) is 0 Å². The molecule has 2 nitrogen and oxygen atoms in total. The van der Waals surface area contributed by atoms with Crippen LogP contribution in [0.3, 0.4) is 0 Å². The standard InChI is InChI=1S/C14H18O2Si/c1-17(2,3)16-10-12-9-8-11-6-4-5-7-13(11)14(12)15/h4-7,10H,8-9H2,1-3H3/b12-10+. The average Bonchev–Trinajstić information content (AvgIpc) is 2.27. The maximum atomic E-state index is 12.2. The molecular weight excluding hydrogens is 228 g/mol. The summed E-state index contributed by atoms with van der Waals surface area (Å²) in [4.78, 5) is 12.2. The lowest BCUT2D eigenvalue weighted by atomic mass is 9.88. The third kappa shape index (κ3) is 2.85. The molecule has 0 saturated carbocycles. The number of aryl methyl sites for hydroxylation is 1. The van der Waals surface area contributed by atoms with Crippen molar-refractivity contribution in [2.24, 2.45) is 0 Å². The van der Waals surface area contributed by atoms with Gasteiger partial charge in [0.15, 0.2) is 5.78 Å². The summed E-state index contributed by atoms with van der Waals surface area (Å²) in [5, 5.41) is 0. The lowest BCUT2D eigenvalue weighted by Gasteiger charge is -2.20. The molecule has 1 aromatic rings. The number of hydrogen-bond acceptors (Lipinski definition) is 2. The third-order valence-corrected chi connectivity index (χ3v) is 3.60. The Bertz CT molecular complexity index is 469. The fraction of sp³-hybridized carbons (Fsp3) is 0.357. The van der Waals surface area contributed by atoms with E-state index < -0.39 is 8.32 Å². The minimum Gasteiger partial charge on any atom is -0.549 e. The molecule has 0 atom stereocenters. The summed E-state index contributed by atoms with van der Waals surface area (Å²) in [6.45, 7) is 6.35. The highest BCUT2D eigenvalue weighted by Crippen LogP contribution is 2.25. The Kier molecular flexibility index (Phi) is 3.20. The molecule has 17 heavy (non-hydrogen) atoms. The van der Waals surface area contributed by atoms with Crippen LogP contribution in [0.4, 0.5) is 0 Å². The SMILES string of the molecule is C[Si](C)(C)O/C=C1\CCc2ccccc2C1=O. The topological polar surface area (TPSA) is 26.3 Å². The highest BCUT2D eigenvalue weighted by Gasteiger charge is 2.22. The predicted octanol–water partition coefficient (Wildman–Crippen LogP) is 3.55. The quantitative estimate of drug-likeness (QED) is 0.453. The summed E-state index contributed by atoms with van der Waals surface area (Å²) >= 11 is 0. The molecule has 0 aliphatic heterocycles. The molecule has 3 heteroatoms. The Labute approximate surface area is 103 Å². The first-order valence-electron chi connectivity index (χ1n) is 5.97. The smallest absolute Gasteiger partial charge is 0.241 e. The molecule has 0 radical (unpaired) electrons. The molecule has 1 aromatic carbocycles. The van der Waals surface area contributed by atoms with E-state index in [0.717, 1.165) is 29.5 Å². The number of benzene rings is 1. The van der Waals surface area contributed by atoms with Crippen molar-refractivity contribution in [1.29, 1.82) is 0 Å². The average molecular weight is 246 g/mol. The third-order valence-electron chi connectivity index (χ3n) is 2.77. The van der Waals surface area contributed by atoms with Gasteiger partial charge in [-0.3, -0.25) is 4.79 Å². The van der Waals surface area contributed by atoms with E-state index in [0.29, 0.717) is 0 Å². The van der Waals surface area contributed by atoms with Crippen molar-refractivity contribution in [2.45, 2.75) is 32.5 Å². The molecule has 0 heterocycles. The fourth-order valence-electron chi connectivity index (χ4n) is 1.88. The Morgan fingerprint density at radius 1 is 1.18 bits per heavy atom. The molecular formula is C14H18O2Si. The molecule has 0 amide bonds. The summed E-state index contributed by atoms with van der Waals surface area (Å²) in [5.41, 5.74) is 2.80. The van der Waals surface area contributed by atoms with Crippen molar-refractivity contribution in [1.82, 2.24) is 0 Å². The minimum absolute atomic E-state index is 0.130. The van der Waals surface area contributed by atoms with Gasteiger partial charge in [0.1, 0.15) is 0 Å². The van der Waals surface area contributed by atoms with Crippen LogP contribution in [0.25, 0.3) is 0 Å². The van der Waals surface area contributed by atoms with Gasteiger partial charge in [-0.2, -0.15) is 0 Å². The van der Waals surface area contributed by atoms with E-state index in [1.807, 2.05) is 24.3 Å². The van der Waals surface area contributed by atoms with Crippen LogP contribution in [-0.2, 0) is 10.8 Å². The second-order valence-electron chi connectivity index (χ2n) is 5.36. The number of hydrogen-bond donors (Lipinski definition) is 0. The van der Waals surface area contributed by atoms with E-state index in [1.165, 1.54) is 0 Å². The minimum atomic E-state index is -1.59. The first-order valence-corrected chi connectivity index (χ1v) is 9.38. The summed E-state index contributed by atoms with van der Waals surface area (Å²) < 4.78 is 5.71. The molecule has 0 fully saturated rings. The second-order valence-corrected chi connectivity index (χ2v) is 9.82. The molecule has 0 N–H and O–H groups in total. The molecule has 1 aliphatic carbocycles. The van der Waals surface area contributed by atoms with E-state index in [1.54, 1.807) is 6.26 Å². The van der Waals surface area contributed by atoms with Crippen LogP contribution in [0.2, 0.25) is 19.6 Å². The lowest BCUT2D eigenvalue weighted by Crippen LogP contribution is -2.23. The molecule has 2 rings (SSSR count). The van der Waals surface area contributed by atoms with Crippen LogP contribution in [0.15, 0.2) is 36.1 Å². The van der Waals surface area contributed by atoms with Gasteiger partial charge in [-0.05, 0) is 38.0 Å². The van der Waals surface area contributed by atoms with E-state index in [-0.39, 0.29) is 5.78 Å². The largest absolute Gasteiger partial charge is 0.549 e.